The predicted octanol–water partition coefficient (Wildman–Crippen LogP) is 1.26. The zero-order valence-corrected chi connectivity index (χ0v) is 7.85. The first-order valence-corrected chi connectivity index (χ1v) is 4.22. The van der Waals surface area contributed by atoms with Crippen LogP contribution >= 0.6 is 15.9 Å². The molecular formula is C7H8BBrN2. The minimum Gasteiger partial charge on any atom is -0.305 e. The summed E-state index contributed by atoms with van der Waals surface area (Å²) >= 11 is 3.25. The Hall–Kier alpha value is -0.635. The monoisotopic (exact) mass is 210 g/mol. The Morgan fingerprint density at radius 2 is 2.45 bits per heavy atom. The molecule has 56 valence electrons. The Morgan fingerprint density at radius 1 is 1.73 bits per heavy atom. The van der Waals surface area contributed by atoms with Crippen LogP contribution in [0.25, 0.3) is 0 Å². The lowest BCUT2D eigenvalue weighted by molar-refractivity contribution is 1.26. The van der Waals surface area contributed by atoms with Crippen molar-refractivity contribution in [2.24, 2.45) is 0 Å². The van der Waals surface area contributed by atoms with Crippen molar-refractivity contribution < 1.29 is 0 Å². The summed E-state index contributed by atoms with van der Waals surface area (Å²) in [5.74, 6) is 0. The van der Waals surface area contributed by atoms with Crippen LogP contribution in [0.2, 0.25) is 6.32 Å². The van der Waals surface area contributed by atoms with Crippen molar-refractivity contribution in [1.82, 2.24) is 4.98 Å². The van der Waals surface area contributed by atoms with Crippen LogP contribution in [0.1, 0.15) is 5.56 Å². The molecule has 0 aromatic carbocycles. The first-order chi connectivity index (χ1) is 5.24. The number of halogens is 1. The highest BCUT2D eigenvalue weighted by atomic mass is 79.9. The molecule has 0 radical (unpaired) electrons. The molecule has 0 aliphatic heterocycles. The van der Waals surface area contributed by atoms with E-state index in [0.29, 0.717) is 5.71 Å². The normalized spacial score (nSPS) is 9.55. The molecule has 0 aliphatic carbocycles. The van der Waals surface area contributed by atoms with E-state index in [0.717, 1.165) is 16.5 Å². The Labute approximate surface area is 75.1 Å². The fraction of sp³-hybridized carbons (Fsp3) is 0.143. The molecule has 0 unspecified atom stereocenters. The third-order valence-electron chi connectivity index (χ3n) is 1.43. The highest BCUT2D eigenvalue weighted by Crippen LogP contribution is 2.09. The van der Waals surface area contributed by atoms with Crippen molar-refractivity contribution in [3.63, 3.8) is 0 Å². The topological polar surface area (TPSA) is 36.7 Å². The minimum absolute atomic E-state index is 0.646. The number of pyridine rings is 1. The summed E-state index contributed by atoms with van der Waals surface area (Å²) in [5, 5.41) is 7.53. The van der Waals surface area contributed by atoms with Crippen molar-refractivity contribution in [3.8, 4) is 0 Å². The second-order valence-electron chi connectivity index (χ2n) is 2.20. The summed E-state index contributed by atoms with van der Waals surface area (Å²) < 4.78 is 0.785. The first-order valence-electron chi connectivity index (χ1n) is 3.43. The molecule has 0 fully saturated rings. The van der Waals surface area contributed by atoms with Gasteiger partial charge in [0.15, 0.2) is 0 Å². The van der Waals surface area contributed by atoms with Crippen LogP contribution in [0.4, 0.5) is 0 Å². The standard InChI is InChI=1S/C7H8BBrN2/c8-4-6(10)5-1-2-11-7(9)3-5/h1-3,10H,4,8H2. The third-order valence-corrected chi connectivity index (χ3v) is 1.86. The molecule has 0 spiro atoms. The Morgan fingerprint density at radius 3 is 3.00 bits per heavy atom. The zero-order chi connectivity index (χ0) is 8.27. The second kappa shape index (κ2) is 3.67. The number of rotatable bonds is 2. The largest absolute Gasteiger partial charge is 0.305 e. The van der Waals surface area contributed by atoms with Gasteiger partial charge < -0.3 is 5.41 Å². The molecule has 0 saturated heterocycles. The van der Waals surface area contributed by atoms with Crippen molar-refractivity contribution in [2.45, 2.75) is 6.32 Å². The molecule has 0 saturated carbocycles. The lowest BCUT2D eigenvalue weighted by Gasteiger charge is -1.99. The fourth-order valence-electron chi connectivity index (χ4n) is 0.794. The van der Waals surface area contributed by atoms with Crippen molar-refractivity contribution in [1.29, 1.82) is 5.41 Å². The zero-order valence-electron chi connectivity index (χ0n) is 6.26. The SMILES string of the molecule is BCC(=N)c1ccnc(Br)c1. The van der Waals surface area contributed by atoms with Crippen LogP contribution in [0.15, 0.2) is 22.9 Å². The summed E-state index contributed by atoms with van der Waals surface area (Å²) in [4.78, 5) is 3.98. The lowest BCUT2D eigenvalue weighted by atomic mass is 9.96. The van der Waals surface area contributed by atoms with E-state index >= 15 is 0 Å². The Kier molecular flexibility index (Phi) is 2.82. The summed E-state index contributed by atoms with van der Waals surface area (Å²) in [6, 6.07) is 3.70. The van der Waals surface area contributed by atoms with E-state index in [1.807, 2.05) is 20.0 Å². The van der Waals surface area contributed by atoms with E-state index in [1.165, 1.54) is 0 Å². The van der Waals surface area contributed by atoms with Crippen LogP contribution in [0, 0.1) is 5.41 Å². The second-order valence-corrected chi connectivity index (χ2v) is 3.01. The molecule has 1 rings (SSSR count). The average molecular weight is 211 g/mol. The quantitative estimate of drug-likeness (QED) is 0.446. The average Bonchev–Trinajstić information content (AvgIpc) is 2.03. The molecule has 0 aliphatic rings. The fourth-order valence-corrected chi connectivity index (χ4v) is 1.16. The Bertz CT molecular complexity index is 275. The number of nitrogens with zero attached hydrogens (tertiary/aromatic N) is 1. The van der Waals surface area contributed by atoms with Gasteiger partial charge in [-0.05, 0) is 39.9 Å². The van der Waals surface area contributed by atoms with Gasteiger partial charge in [-0.2, -0.15) is 0 Å². The van der Waals surface area contributed by atoms with Crippen LogP contribution in [-0.2, 0) is 0 Å². The number of hydrogen-bond acceptors (Lipinski definition) is 2. The van der Waals surface area contributed by atoms with Crippen molar-refractivity contribution >= 4 is 29.5 Å². The summed E-state index contributed by atoms with van der Waals surface area (Å²) in [6.07, 6.45) is 2.46. The minimum atomic E-state index is 0.646. The molecule has 0 amide bonds. The van der Waals surface area contributed by atoms with Crippen LogP contribution in [0.3, 0.4) is 0 Å². The van der Waals surface area contributed by atoms with Gasteiger partial charge in [-0.25, -0.2) is 4.98 Å². The van der Waals surface area contributed by atoms with Gasteiger partial charge in [0.05, 0.1) is 0 Å². The van der Waals surface area contributed by atoms with Gasteiger partial charge in [0.25, 0.3) is 0 Å². The molecule has 0 bridgehead atoms. The summed E-state index contributed by atoms with van der Waals surface area (Å²) in [7, 11) is 1.97. The maximum absolute atomic E-state index is 7.53. The molecule has 4 heteroatoms. The molecule has 0 atom stereocenters. The van der Waals surface area contributed by atoms with E-state index in [2.05, 4.69) is 20.9 Å². The maximum Gasteiger partial charge on any atom is 0.109 e. The van der Waals surface area contributed by atoms with Crippen LogP contribution in [-0.4, -0.2) is 18.5 Å². The molecule has 2 nitrogen and oxygen atoms in total. The van der Waals surface area contributed by atoms with Crippen molar-refractivity contribution in [2.75, 3.05) is 0 Å². The highest BCUT2D eigenvalue weighted by molar-refractivity contribution is 9.10. The van der Waals surface area contributed by atoms with E-state index in [4.69, 9.17) is 5.41 Å². The smallest absolute Gasteiger partial charge is 0.109 e. The summed E-state index contributed by atoms with van der Waals surface area (Å²) in [5.41, 5.74) is 1.59. The lowest BCUT2D eigenvalue weighted by Crippen LogP contribution is -1.97. The summed E-state index contributed by atoms with van der Waals surface area (Å²) in [6.45, 7) is 0. The Balaban J connectivity index is 2.96. The third kappa shape index (κ3) is 2.15. The van der Waals surface area contributed by atoms with Gasteiger partial charge in [-0.1, -0.05) is 0 Å². The molecule has 1 aromatic heterocycles. The molecule has 1 heterocycles. The van der Waals surface area contributed by atoms with Crippen molar-refractivity contribution in [3.05, 3.63) is 28.5 Å². The van der Waals surface area contributed by atoms with Crippen LogP contribution in [0.5, 0.6) is 0 Å². The van der Waals surface area contributed by atoms with Crippen LogP contribution < -0.4 is 0 Å². The van der Waals surface area contributed by atoms with E-state index in [9.17, 15) is 0 Å². The first kappa shape index (κ1) is 8.46. The van der Waals surface area contributed by atoms with Gasteiger partial charge in [0.1, 0.15) is 12.4 Å². The predicted molar refractivity (Wildman–Crippen MR) is 52.1 cm³/mol. The van der Waals surface area contributed by atoms with Gasteiger partial charge in [0.2, 0.25) is 0 Å². The van der Waals surface area contributed by atoms with Gasteiger partial charge in [-0.3, -0.25) is 0 Å². The number of aromatic nitrogens is 1. The molecule has 1 N–H and O–H groups in total. The van der Waals surface area contributed by atoms with Gasteiger partial charge >= 0.3 is 0 Å². The molecule has 11 heavy (non-hydrogen) atoms. The highest BCUT2D eigenvalue weighted by Gasteiger charge is 1.98. The molecule has 1 aromatic rings. The van der Waals surface area contributed by atoms with Gasteiger partial charge in [-0.15, -0.1) is 0 Å². The number of hydrogen-bond donors (Lipinski definition) is 1. The number of nitrogens with one attached hydrogen (secondary N) is 1. The van der Waals surface area contributed by atoms with Gasteiger partial charge in [0, 0.05) is 11.9 Å². The van der Waals surface area contributed by atoms with E-state index in [1.54, 1.807) is 6.20 Å². The molecular weight excluding hydrogens is 203 g/mol. The van der Waals surface area contributed by atoms with E-state index < -0.39 is 0 Å². The maximum atomic E-state index is 7.53. The van der Waals surface area contributed by atoms with E-state index in [-0.39, 0.29) is 0 Å².